The molecule has 1 amide bonds. The van der Waals surface area contributed by atoms with Crippen molar-refractivity contribution in [3.8, 4) is 0 Å². The van der Waals surface area contributed by atoms with Crippen LogP contribution < -0.4 is 11.0 Å². The van der Waals surface area contributed by atoms with Gasteiger partial charge in [-0.2, -0.15) is 0 Å². The molecule has 0 saturated heterocycles. The lowest BCUT2D eigenvalue weighted by atomic mass is 10.0. The molecule has 2 aromatic heterocycles. The van der Waals surface area contributed by atoms with E-state index in [9.17, 15) is 19.5 Å². The summed E-state index contributed by atoms with van der Waals surface area (Å²) in [5.41, 5.74) is 5.84. The molecule has 0 bridgehead atoms. The molecule has 0 aliphatic rings. The third-order valence-electron chi connectivity index (χ3n) is 6.69. The molecule has 0 radical (unpaired) electrons. The summed E-state index contributed by atoms with van der Waals surface area (Å²) in [5, 5.41) is 13.3. The number of aromatic nitrogens is 3. The van der Waals surface area contributed by atoms with E-state index in [0.717, 1.165) is 28.5 Å². The number of aryl methyl sites for hydroxylation is 3. The van der Waals surface area contributed by atoms with Gasteiger partial charge in [-0.05, 0) is 61.2 Å². The average Bonchev–Trinajstić information content (AvgIpc) is 3.26. The number of hydrogen-bond acceptors (Lipinski definition) is 3. The zero-order valence-electron chi connectivity index (χ0n) is 20.9. The second-order valence-corrected chi connectivity index (χ2v) is 9.30. The zero-order valence-corrected chi connectivity index (χ0v) is 20.9. The Kier molecular flexibility index (Phi) is 6.56. The van der Waals surface area contributed by atoms with Crippen LogP contribution >= 0.6 is 0 Å². The van der Waals surface area contributed by atoms with Gasteiger partial charge in [-0.1, -0.05) is 19.4 Å². The van der Waals surface area contributed by atoms with Gasteiger partial charge in [0.15, 0.2) is 0 Å². The van der Waals surface area contributed by atoms with E-state index in [1.807, 2.05) is 20.2 Å². The van der Waals surface area contributed by atoms with E-state index in [-0.39, 0.29) is 18.0 Å². The number of carboxylic acids is 1. The van der Waals surface area contributed by atoms with Gasteiger partial charge in [-0.25, -0.2) is 4.79 Å². The van der Waals surface area contributed by atoms with Crippen molar-refractivity contribution >= 4 is 33.8 Å². The number of benzene rings is 2. The number of carbonyl (C=O) groups is 2. The normalized spacial score (nSPS) is 12.4. The van der Waals surface area contributed by atoms with Gasteiger partial charge >= 0.3 is 11.7 Å². The third kappa shape index (κ3) is 4.36. The number of hydrogen-bond donors (Lipinski definition) is 2. The number of imidazole rings is 1. The van der Waals surface area contributed by atoms with Crippen LogP contribution in [0.5, 0.6) is 0 Å². The molecule has 184 valence electrons. The Bertz CT molecular complexity index is 1510. The van der Waals surface area contributed by atoms with E-state index in [0.29, 0.717) is 29.6 Å². The molecule has 2 aromatic carbocycles. The predicted molar refractivity (Wildman–Crippen MR) is 137 cm³/mol. The molecule has 1 atom stereocenters. The number of nitrogens with zero attached hydrogens (tertiary/aromatic N) is 3. The molecule has 2 heterocycles. The first-order valence-electron chi connectivity index (χ1n) is 11.9. The summed E-state index contributed by atoms with van der Waals surface area (Å²) in [6, 6.07) is 8.93. The Hall–Kier alpha value is -3.81. The minimum absolute atomic E-state index is 0.163. The minimum Gasteiger partial charge on any atom is -0.481 e. The van der Waals surface area contributed by atoms with Crippen LogP contribution in [0.3, 0.4) is 0 Å². The highest BCUT2D eigenvalue weighted by Gasteiger charge is 2.24. The second kappa shape index (κ2) is 9.44. The van der Waals surface area contributed by atoms with Gasteiger partial charge in [0.25, 0.3) is 5.91 Å². The van der Waals surface area contributed by atoms with Crippen molar-refractivity contribution < 1.29 is 14.7 Å². The molecule has 0 spiro atoms. The second-order valence-electron chi connectivity index (χ2n) is 9.30. The van der Waals surface area contributed by atoms with E-state index in [1.54, 1.807) is 34.4 Å². The van der Waals surface area contributed by atoms with E-state index in [2.05, 4.69) is 35.9 Å². The smallest absolute Gasteiger partial charge is 0.329 e. The van der Waals surface area contributed by atoms with Crippen molar-refractivity contribution in [1.82, 2.24) is 19.0 Å². The Morgan fingerprint density at radius 2 is 1.83 bits per heavy atom. The van der Waals surface area contributed by atoms with Crippen LogP contribution in [0.15, 0.2) is 41.3 Å². The molecule has 0 unspecified atom stereocenters. The summed E-state index contributed by atoms with van der Waals surface area (Å²) in [6.45, 7) is 6.45. The largest absolute Gasteiger partial charge is 0.481 e. The van der Waals surface area contributed by atoms with Crippen LogP contribution in [0.4, 0.5) is 0 Å². The van der Waals surface area contributed by atoms with E-state index in [1.165, 1.54) is 5.56 Å². The molecule has 4 aromatic rings. The van der Waals surface area contributed by atoms with Gasteiger partial charge in [0.05, 0.1) is 24.0 Å². The molecule has 8 heteroatoms. The molecular weight excluding hydrogens is 444 g/mol. The number of nitrogens with one attached hydrogen (secondary N) is 1. The Morgan fingerprint density at radius 3 is 2.49 bits per heavy atom. The fraction of sp³-hybridized carbons (Fsp3) is 0.370. The van der Waals surface area contributed by atoms with Crippen molar-refractivity contribution in [1.29, 1.82) is 0 Å². The standard InChI is InChI=1S/C27H32N4O4/c1-6-7-20(13-24(32)33)31-22-12-18(26(34)28-4)8-9-21(22)30(27(31)35)15-19-14-29(5)23-11-16(2)10-17(3)25(19)23/h8-12,14,20H,6-7,13,15H2,1-5H3,(H,28,34)(H,32,33)/t20-/m0/s1. The van der Waals surface area contributed by atoms with Crippen LogP contribution in [0, 0.1) is 13.8 Å². The highest BCUT2D eigenvalue weighted by Crippen LogP contribution is 2.29. The quantitative estimate of drug-likeness (QED) is 0.399. The molecule has 0 fully saturated rings. The summed E-state index contributed by atoms with van der Waals surface area (Å²) >= 11 is 0. The zero-order chi connectivity index (χ0) is 25.4. The van der Waals surface area contributed by atoms with Crippen molar-refractivity contribution in [3.63, 3.8) is 0 Å². The number of carbonyl (C=O) groups excluding carboxylic acids is 1. The first-order valence-corrected chi connectivity index (χ1v) is 11.9. The number of amides is 1. The molecule has 0 saturated carbocycles. The lowest BCUT2D eigenvalue weighted by Crippen LogP contribution is -2.29. The van der Waals surface area contributed by atoms with E-state index < -0.39 is 12.0 Å². The van der Waals surface area contributed by atoms with Crippen LogP contribution in [0.25, 0.3) is 21.9 Å². The molecule has 8 nitrogen and oxygen atoms in total. The van der Waals surface area contributed by atoms with Gasteiger partial charge in [0.2, 0.25) is 0 Å². The topological polar surface area (TPSA) is 98.3 Å². The summed E-state index contributed by atoms with van der Waals surface area (Å²) in [5.74, 6) is -1.22. The SMILES string of the molecule is CCC[C@@H](CC(=O)O)n1c(=O)n(Cc2cn(C)c3cc(C)cc(C)c23)c2ccc(C(=O)NC)cc21. The lowest BCUT2D eigenvalue weighted by molar-refractivity contribution is -0.137. The highest BCUT2D eigenvalue weighted by atomic mass is 16.4. The van der Waals surface area contributed by atoms with Gasteiger partial charge in [0, 0.05) is 42.8 Å². The maximum atomic E-state index is 13.8. The Balaban J connectivity index is 1.96. The lowest BCUT2D eigenvalue weighted by Gasteiger charge is -2.16. The van der Waals surface area contributed by atoms with E-state index >= 15 is 0 Å². The number of rotatable bonds is 8. The van der Waals surface area contributed by atoms with Gasteiger partial charge in [-0.15, -0.1) is 0 Å². The van der Waals surface area contributed by atoms with Crippen LogP contribution in [0.1, 0.15) is 59.3 Å². The minimum atomic E-state index is -0.959. The Labute approximate surface area is 203 Å². The van der Waals surface area contributed by atoms with Gasteiger partial charge < -0.3 is 15.0 Å². The molecule has 4 rings (SSSR count). The Morgan fingerprint density at radius 1 is 1.09 bits per heavy atom. The van der Waals surface area contributed by atoms with Gasteiger partial charge in [-0.3, -0.25) is 18.7 Å². The number of carboxylic acid groups (broad SMARTS) is 1. The fourth-order valence-electron chi connectivity index (χ4n) is 5.23. The van der Waals surface area contributed by atoms with Crippen LogP contribution in [-0.4, -0.2) is 37.7 Å². The maximum Gasteiger partial charge on any atom is 0.329 e. The highest BCUT2D eigenvalue weighted by molar-refractivity contribution is 5.97. The van der Waals surface area contributed by atoms with Crippen LogP contribution in [0.2, 0.25) is 0 Å². The molecule has 2 N–H and O–H groups in total. The molecular formula is C27H32N4O4. The summed E-state index contributed by atoms with van der Waals surface area (Å²) in [4.78, 5) is 37.8. The predicted octanol–water partition coefficient (Wildman–Crippen LogP) is 4.14. The summed E-state index contributed by atoms with van der Waals surface area (Å²) in [6.07, 6.45) is 3.16. The maximum absolute atomic E-state index is 13.8. The summed E-state index contributed by atoms with van der Waals surface area (Å²) in [7, 11) is 3.55. The van der Waals surface area contributed by atoms with Crippen molar-refractivity contribution in [2.24, 2.45) is 7.05 Å². The molecule has 35 heavy (non-hydrogen) atoms. The molecule has 0 aliphatic heterocycles. The summed E-state index contributed by atoms with van der Waals surface area (Å²) < 4.78 is 5.34. The average molecular weight is 477 g/mol. The van der Waals surface area contributed by atoms with Crippen molar-refractivity contribution in [3.05, 3.63) is 69.3 Å². The van der Waals surface area contributed by atoms with Crippen molar-refractivity contribution in [2.45, 2.75) is 52.6 Å². The van der Waals surface area contributed by atoms with E-state index in [4.69, 9.17) is 0 Å². The first kappa shape index (κ1) is 24.3. The fourth-order valence-corrected chi connectivity index (χ4v) is 5.23. The van der Waals surface area contributed by atoms with Crippen LogP contribution in [-0.2, 0) is 18.4 Å². The molecule has 0 aliphatic carbocycles. The monoisotopic (exact) mass is 476 g/mol. The number of aliphatic carboxylic acids is 1. The van der Waals surface area contributed by atoms with Gasteiger partial charge in [0.1, 0.15) is 0 Å². The number of fused-ring (bicyclic) bond motifs is 2. The first-order chi connectivity index (χ1) is 16.7. The third-order valence-corrected chi connectivity index (χ3v) is 6.69. The van der Waals surface area contributed by atoms with Crippen molar-refractivity contribution in [2.75, 3.05) is 7.05 Å².